The molecule has 2 fully saturated rings. The van der Waals surface area contributed by atoms with E-state index in [0.29, 0.717) is 13.1 Å². The molecule has 2 heterocycles. The molecule has 150 valence electrons. The van der Waals surface area contributed by atoms with E-state index < -0.39 is 31.2 Å². The van der Waals surface area contributed by atoms with Gasteiger partial charge < -0.3 is 0 Å². The maximum Gasteiger partial charge on any atom is 0.522 e. The van der Waals surface area contributed by atoms with Crippen molar-refractivity contribution in [1.82, 2.24) is 14.9 Å². The van der Waals surface area contributed by atoms with E-state index in [1.165, 1.54) is 6.42 Å². The summed E-state index contributed by atoms with van der Waals surface area (Å²) in [5.74, 6) is 0. The predicted molar refractivity (Wildman–Crippen MR) is 82.3 cm³/mol. The summed E-state index contributed by atoms with van der Waals surface area (Å²) in [5.41, 5.74) is -6.44. The predicted octanol–water partition coefficient (Wildman–Crippen LogP) is 0.590. The molecule has 0 aliphatic carbocycles. The molecule has 0 amide bonds. The second-order valence-electron chi connectivity index (χ2n) is 5.77. The third kappa shape index (κ3) is 6.62. The Labute approximate surface area is 144 Å². The normalized spacial score (nSPS) is 25.3. The first-order valence-corrected chi connectivity index (χ1v) is 10.4. The van der Waals surface area contributed by atoms with Crippen LogP contribution in [-0.4, -0.2) is 85.1 Å². The second-order valence-corrected chi connectivity index (χ2v) is 8.64. The topological polar surface area (TPSA) is 118 Å². The molecule has 9 nitrogen and oxygen atoms in total. The van der Waals surface area contributed by atoms with Crippen LogP contribution in [0.5, 0.6) is 0 Å². The molecule has 0 aromatic carbocycles. The summed E-state index contributed by atoms with van der Waals surface area (Å²) in [4.78, 5) is 1.70. The van der Waals surface area contributed by atoms with Crippen LogP contribution < -0.4 is 0 Å². The summed E-state index contributed by atoms with van der Waals surface area (Å²) >= 11 is 0. The zero-order chi connectivity index (χ0) is 19.5. The Morgan fingerprint density at radius 2 is 1.36 bits per heavy atom. The summed E-state index contributed by atoms with van der Waals surface area (Å²) < 4.78 is 89.9. The molecule has 14 heteroatoms. The van der Waals surface area contributed by atoms with Crippen molar-refractivity contribution >= 4 is 20.2 Å². The van der Waals surface area contributed by atoms with Crippen LogP contribution in [-0.2, 0) is 20.2 Å². The van der Waals surface area contributed by atoms with E-state index in [0.717, 1.165) is 32.4 Å². The summed E-state index contributed by atoms with van der Waals surface area (Å²) in [6.07, 6.45) is 4.33. The maximum atomic E-state index is 11.5. The Hall–Kier alpha value is -0.510. The molecular weight excluding hydrogens is 391 g/mol. The fraction of sp³-hybridized carbons (Fsp3) is 1.00. The van der Waals surface area contributed by atoms with Gasteiger partial charge in [0.2, 0.25) is 5.50 Å². The highest BCUT2D eigenvalue weighted by molar-refractivity contribution is 7.86. The van der Waals surface area contributed by atoms with Crippen LogP contribution in [0.15, 0.2) is 0 Å². The third-order valence-corrected chi connectivity index (χ3v) is 5.51. The summed E-state index contributed by atoms with van der Waals surface area (Å²) in [6.45, 7) is 3.18. The average Bonchev–Trinajstić information content (AvgIpc) is 2.45. The van der Waals surface area contributed by atoms with E-state index in [9.17, 15) is 26.1 Å². The first-order valence-electron chi connectivity index (χ1n) is 7.47. The molecule has 2 saturated heterocycles. The summed E-state index contributed by atoms with van der Waals surface area (Å²) in [7, 11) is -8.16. The van der Waals surface area contributed by atoms with Gasteiger partial charge in [0.05, 0.1) is 0 Å². The van der Waals surface area contributed by atoms with Gasteiger partial charge in [0.25, 0.3) is 10.1 Å². The van der Waals surface area contributed by atoms with Gasteiger partial charge in [0, 0.05) is 26.2 Å². The molecule has 2 aliphatic rings. The zero-order valence-corrected chi connectivity index (χ0v) is 15.2. The smallest absolute Gasteiger partial charge is 0.283 e. The number of hydrogen-bond acceptors (Lipinski definition) is 7. The fourth-order valence-corrected chi connectivity index (χ4v) is 3.83. The highest BCUT2D eigenvalue weighted by atomic mass is 32.2. The van der Waals surface area contributed by atoms with E-state index in [1.54, 1.807) is 11.9 Å². The minimum atomic E-state index is -5.84. The number of rotatable bonds is 2. The first kappa shape index (κ1) is 22.5. The minimum absolute atomic E-state index is 0.703. The Kier molecular flexibility index (Phi) is 7.62. The third-order valence-electron chi connectivity index (χ3n) is 3.78. The van der Waals surface area contributed by atoms with Crippen molar-refractivity contribution in [2.75, 3.05) is 33.2 Å². The van der Waals surface area contributed by atoms with Crippen molar-refractivity contribution < 1.29 is 39.1 Å². The largest absolute Gasteiger partial charge is 0.522 e. The van der Waals surface area contributed by atoms with E-state index >= 15 is 0 Å². The van der Waals surface area contributed by atoms with Gasteiger partial charge in [-0.3, -0.25) is 14.0 Å². The summed E-state index contributed by atoms with van der Waals surface area (Å²) in [6, 6.07) is 0. The van der Waals surface area contributed by atoms with Gasteiger partial charge in [-0.25, -0.2) is 10.0 Å². The van der Waals surface area contributed by atoms with Gasteiger partial charge in [0.15, 0.2) is 0 Å². The molecule has 1 atom stereocenters. The van der Waals surface area contributed by atoms with E-state index in [1.807, 2.05) is 5.01 Å². The van der Waals surface area contributed by atoms with Gasteiger partial charge in [-0.2, -0.15) is 30.0 Å². The van der Waals surface area contributed by atoms with Crippen LogP contribution in [0.2, 0.25) is 0 Å². The fourth-order valence-electron chi connectivity index (χ4n) is 2.73. The zero-order valence-electron chi connectivity index (χ0n) is 13.6. The number of halogens is 3. The van der Waals surface area contributed by atoms with Crippen molar-refractivity contribution in [2.45, 2.75) is 36.7 Å². The SMILES string of the molecule is CN1CCCN(N2CCCCC2)C1S(=O)(=O)O.O=S(=O)(O)C(F)(F)F. The number of piperidine rings is 1. The van der Waals surface area contributed by atoms with Crippen LogP contribution in [0.4, 0.5) is 13.2 Å². The highest BCUT2D eigenvalue weighted by Gasteiger charge is 2.44. The molecule has 0 spiro atoms. The molecule has 2 N–H and O–H groups in total. The van der Waals surface area contributed by atoms with Gasteiger partial charge in [0.1, 0.15) is 0 Å². The molecule has 25 heavy (non-hydrogen) atoms. The molecule has 2 rings (SSSR count). The number of nitrogens with zero attached hydrogens (tertiary/aromatic N) is 3. The van der Waals surface area contributed by atoms with Crippen molar-refractivity contribution in [3.63, 3.8) is 0 Å². The standard InChI is InChI=1S/C10H21N3O3S.CHF3O3S/c1-11-6-5-9-13(10(11)17(14,15)16)12-7-3-2-4-8-12;2-1(3,4)8(5,6)7/h10H,2-9H2,1H3,(H,14,15,16);(H,5,6,7). The second kappa shape index (κ2) is 8.45. The van der Waals surface area contributed by atoms with E-state index in [-0.39, 0.29) is 0 Å². The Morgan fingerprint density at radius 3 is 1.76 bits per heavy atom. The molecule has 1 unspecified atom stereocenters. The Balaban J connectivity index is 0.000000333. The Bertz CT molecular complexity index is 634. The van der Waals surface area contributed by atoms with Crippen LogP contribution in [0.3, 0.4) is 0 Å². The molecule has 0 aromatic rings. The molecule has 0 saturated carbocycles. The first-order chi connectivity index (χ1) is 11.2. The quantitative estimate of drug-likeness (QED) is 0.495. The van der Waals surface area contributed by atoms with Gasteiger partial charge in [-0.05, 0) is 26.3 Å². The van der Waals surface area contributed by atoms with Crippen LogP contribution >= 0.6 is 0 Å². The molecule has 2 aliphatic heterocycles. The lowest BCUT2D eigenvalue weighted by atomic mass is 10.1. The lowest BCUT2D eigenvalue weighted by Crippen LogP contribution is -2.62. The molecule has 0 radical (unpaired) electrons. The minimum Gasteiger partial charge on any atom is -0.283 e. The maximum absolute atomic E-state index is 11.5. The van der Waals surface area contributed by atoms with Gasteiger partial charge in [-0.1, -0.05) is 6.42 Å². The lowest BCUT2D eigenvalue weighted by Gasteiger charge is -2.46. The monoisotopic (exact) mass is 413 g/mol. The average molecular weight is 413 g/mol. The van der Waals surface area contributed by atoms with Crippen molar-refractivity contribution in [3.05, 3.63) is 0 Å². The van der Waals surface area contributed by atoms with Crippen LogP contribution in [0, 0.1) is 0 Å². The number of alkyl halides is 3. The van der Waals surface area contributed by atoms with Gasteiger partial charge >= 0.3 is 15.6 Å². The molecule has 0 aromatic heterocycles. The molecule has 0 bridgehead atoms. The number of hydrogen-bond donors (Lipinski definition) is 2. The van der Waals surface area contributed by atoms with Crippen molar-refractivity contribution in [1.29, 1.82) is 0 Å². The summed E-state index contributed by atoms with van der Waals surface area (Å²) in [5, 5.41) is 3.90. The van der Waals surface area contributed by atoms with Crippen LogP contribution in [0.1, 0.15) is 25.7 Å². The van der Waals surface area contributed by atoms with E-state index in [4.69, 9.17) is 13.0 Å². The van der Waals surface area contributed by atoms with Gasteiger partial charge in [-0.15, -0.1) is 0 Å². The highest BCUT2D eigenvalue weighted by Crippen LogP contribution is 2.22. The Morgan fingerprint density at radius 1 is 0.880 bits per heavy atom. The lowest BCUT2D eigenvalue weighted by molar-refractivity contribution is -0.109. The van der Waals surface area contributed by atoms with Crippen molar-refractivity contribution in [3.8, 4) is 0 Å². The van der Waals surface area contributed by atoms with E-state index in [2.05, 4.69) is 5.01 Å². The van der Waals surface area contributed by atoms with Crippen LogP contribution in [0.25, 0.3) is 0 Å². The molecular formula is C11H22F3N3O6S2. The van der Waals surface area contributed by atoms with Crippen molar-refractivity contribution in [2.24, 2.45) is 0 Å². The number of hydrazine groups is 1.